The number of hydrogen-bond donors (Lipinski definition) is 0. The van der Waals surface area contributed by atoms with Crippen molar-refractivity contribution in [2.45, 2.75) is 35.1 Å². The number of rotatable bonds is 3. The number of aryl methyl sites for hydroxylation is 1. The van der Waals surface area contributed by atoms with Gasteiger partial charge in [-0.3, -0.25) is 4.79 Å². The van der Waals surface area contributed by atoms with Crippen LogP contribution in [-0.2, 0) is 11.2 Å². The van der Waals surface area contributed by atoms with Crippen LogP contribution < -0.4 is 4.74 Å². The molecule has 2 aromatic rings. The van der Waals surface area contributed by atoms with Gasteiger partial charge in [0.1, 0.15) is 5.75 Å². The Labute approximate surface area is 122 Å². The second-order valence-electron chi connectivity index (χ2n) is 4.17. The molecule has 0 heterocycles. The highest BCUT2D eigenvalue weighted by atomic mass is 16.5. The highest BCUT2D eigenvalue weighted by Crippen LogP contribution is 2.23. The molecule has 2 aromatic carbocycles. The smallest absolute Gasteiger partial charge is 0.308 e. The number of carbonyl (C=O) groups is 1. The van der Waals surface area contributed by atoms with Gasteiger partial charge in [-0.15, -0.1) is 0 Å². The molecule has 0 fully saturated rings. The van der Waals surface area contributed by atoms with Gasteiger partial charge in [-0.25, -0.2) is 0 Å². The summed E-state index contributed by atoms with van der Waals surface area (Å²) < 4.78 is 5.00. The summed E-state index contributed by atoms with van der Waals surface area (Å²) in [7, 11) is 0. The van der Waals surface area contributed by atoms with Crippen molar-refractivity contribution in [2.75, 3.05) is 0 Å². The molecule has 2 heteroatoms. The number of esters is 1. The molecule has 0 saturated heterocycles. The van der Waals surface area contributed by atoms with Gasteiger partial charge >= 0.3 is 5.97 Å². The largest absolute Gasteiger partial charge is 0.427 e. The lowest BCUT2D eigenvalue weighted by Crippen LogP contribution is -2.00. The maximum atomic E-state index is 10.8. The van der Waals surface area contributed by atoms with Gasteiger partial charge < -0.3 is 4.74 Å². The fraction of sp³-hybridized carbons (Fsp3) is 0.278. The van der Waals surface area contributed by atoms with Gasteiger partial charge in [-0.2, -0.15) is 0 Å². The van der Waals surface area contributed by atoms with Crippen LogP contribution in [0.3, 0.4) is 0 Å². The molecule has 0 aliphatic heterocycles. The Kier molecular flexibility index (Phi) is 7.30. The third-order valence-electron chi connectivity index (χ3n) is 2.81. The minimum Gasteiger partial charge on any atom is -0.427 e. The van der Waals surface area contributed by atoms with Crippen molar-refractivity contribution in [3.05, 3.63) is 54.1 Å². The van der Waals surface area contributed by atoms with E-state index >= 15 is 0 Å². The molecule has 0 unspecified atom stereocenters. The lowest BCUT2D eigenvalue weighted by molar-refractivity contribution is -0.131. The van der Waals surface area contributed by atoms with E-state index in [-0.39, 0.29) is 20.8 Å². The highest BCUT2D eigenvalue weighted by molar-refractivity contribution is 5.70. The quantitative estimate of drug-likeness (QED) is 0.573. The van der Waals surface area contributed by atoms with Gasteiger partial charge in [-0.1, -0.05) is 58.2 Å². The van der Waals surface area contributed by atoms with E-state index in [1.54, 1.807) is 0 Å². The summed E-state index contributed by atoms with van der Waals surface area (Å²) in [5.74, 6) is 0.284. The van der Waals surface area contributed by atoms with Gasteiger partial charge in [0.25, 0.3) is 0 Å². The van der Waals surface area contributed by atoms with E-state index in [1.165, 1.54) is 18.1 Å². The zero-order chi connectivity index (χ0) is 13.0. The Balaban J connectivity index is 0.00000180. The molecule has 0 atom stereocenters. The summed E-state index contributed by atoms with van der Waals surface area (Å²) in [6, 6.07) is 16.0. The molecular formula is C18H24O2. The van der Waals surface area contributed by atoms with Crippen LogP contribution in [-0.4, -0.2) is 5.97 Å². The van der Waals surface area contributed by atoms with E-state index in [2.05, 4.69) is 31.2 Å². The van der Waals surface area contributed by atoms with Crippen molar-refractivity contribution in [2.24, 2.45) is 0 Å². The Morgan fingerprint density at radius 3 is 1.75 bits per heavy atom. The predicted octanol–water partition coefficient (Wildman–Crippen LogP) is 5.11. The first-order valence-electron chi connectivity index (χ1n) is 6.07. The van der Waals surface area contributed by atoms with Crippen molar-refractivity contribution in [1.29, 1.82) is 0 Å². The van der Waals surface area contributed by atoms with E-state index in [4.69, 9.17) is 4.74 Å². The van der Waals surface area contributed by atoms with Crippen molar-refractivity contribution in [3.8, 4) is 16.9 Å². The van der Waals surface area contributed by atoms with Gasteiger partial charge in [0, 0.05) is 6.92 Å². The van der Waals surface area contributed by atoms with Crippen molar-refractivity contribution < 1.29 is 9.53 Å². The molecule has 2 rings (SSSR count). The summed E-state index contributed by atoms with van der Waals surface area (Å²) in [6.07, 6.45) is 1.05. The molecular weight excluding hydrogens is 248 g/mol. The third-order valence-corrected chi connectivity index (χ3v) is 2.81. The monoisotopic (exact) mass is 272 g/mol. The zero-order valence-electron chi connectivity index (χ0n) is 10.6. The van der Waals surface area contributed by atoms with Crippen LogP contribution in [0.1, 0.15) is 34.3 Å². The summed E-state index contributed by atoms with van der Waals surface area (Å²) in [4.78, 5) is 10.8. The molecule has 0 bridgehead atoms. The van der Waals surface area contributed by atoms with E-state index in [1.807, 2.05) is 24.3 Å². The standard InChI is InChI=1S/C16H16O2.2CH4/c1-3-13-4-6-14(7-5-13)15-8-10-16(11-9-15)18-12(2)17;;/h4-11H,3H2,1-2H3;2*1H4. The third kappa shape index (κ3) is 4.54. The first-order chi connectivity index (χ1) is 8.69. The fourth-order valence-electron chi connectivity index (χ4n) is 1.81. The predicted molar refractivity (Wildman–Crippen MR) is 86.0 cm³/mol. The van der Waals surface area contributed by atoms with E-state index in [9.17, 15) is 4.79 Å². The van der Waals surface area contributed by atoms with Gasteiger partial charge in [0.15, 0.2) is 0 Å². The average Bonchev–Trinajstić information content (AvgIpc) is 2.39. The van der Waals surface area contributed by atoms with Crippen LogP contribution in [0.5, 0.6) is 5.75 Å². The summed E-state index contributed by atoms with van der Waals surface area (Å²) in [6.45, 7) is 3.54. The number of ether oxygens (including phenoxy) is 1. The molecule has 108 valence electrons. The molecule has 20 heavy (non-hydrogen) atoms. The summed E-state index contributed by atoms with van der Waals surface area (Å²) >= 11 is 0. The molecule has 0 aliphatic carbocycles. The Bertz CT molecular complexity index is 524. The maximum absolute atomic E-state index is 10.8. The number of hydrogen-bond acceptors (Lipinski definition) is 2. The molecule has 0 aliphatic rings. The van der Waals surface area contributed by atoms with Gasteiger partial charge in [0.05, 0.1) is 0 Å². The van der Waals surface area contributed by atoms with Crippen molar-refractivity contribution in [3.63, 3.8) is 0 Å². The Hall–Kier alpha value is -2.09. The first-order valence-corrected chi connectivity index (χ1v) is 6.07. The van der Waals surface area contributed by atoms with E-state index < -0.39 is 0 Å². The van der Waals surface area contributed by atoms with Crippen molar-refractivity contribution >= 4 is 5.97 Å². The van der Waals surface area contributed by atoms with Crippen LogP contribution >= 0.6 is 0 Å². The Morgan fingerprint density at radius 1 is 0.900 bits per heavy atom. The molecule has 0 N–H and O–H groups in total. The average molecular weight is 272 g/mol. The van der Waals surface area contributed by atoms with Crippen molar-refractivity contribution in [1.82, 2.24) is 0 Å². The van der Waals surface area contributed by atoms with Crippen LogP contribution in [0.4, 0.5) is 0 Å². The maximum Gasteiger partial charge on any atom is 0.308 e. The fourth-order valence-corrected chi connectivity index (χ4v) is 1.81. The van der Waals surface area contributed by atoms with Crippen LogP contribution in [0.15, 0.2) is 48.5 Å². The zero-order valence-corrected chi connectivity index (χ0v) is 10.6. The summed E-state index contributed by atoms with van der Waals surface area (Å²) in [5.41, 5.74) is 3.62. The Morgan fingerprint density at radius 2 is 1.35 bits per heavy atom. The second kappa shape index (κ2) is 8.16. The molecule has 0 saturated carbocycles. The van der Waals surface area contributed by atoms with Crippen LogP contribution in [0.25, 0.3) is 11.1 Å². The van der Waals surface area contributed by atoms with Crippen LogP contribution in [0.2, 0.25) is 0 Å². The molecule has 0 aromatic heterocycles. The minimum absolute atomic E-state index is 0. The van der Waals surface area contributed by atoms with Gasteiger partial charge in [0.2, 0.25) is 0 Å². The number of benzene rings is 2. The highest BCUT2D eigenvalue weighted by Gasteiger charge is 2.00. The van der Waals surface area contributed by atoms with E-state index in [0.29, 0.717) is 5.75 Å². The molecule has 0 amide bonds. The van der Waals surface area contributed by atoms with Gasteiger partial charge in [-0.05, 0) is 35.2 Å². The summed E-state index contributed by atoms with van der Waals surface area (Å²) in [5, 5.41) is 0. The second-order valence-corrected chi connectivity index (χ2v) is 4.17. The van der Waals surface area contributed by atoms with Crippen LogP contribution in [0, 0.1) is 0 Å². The number of carbonyl (C=O) groups excluding carboxylic acids is 1. The SMILES string of the molecule is C.C.CCc1ccc(-c2ccc(OC(C)=O)cc2)cc1. The lowest BCUT2D eigenvalue weighted by Gasteiger charge is -2.05. The minimum atomic E-state index is -0.296. The topological polar surface area (TPSA) is 26.3 Å². The molecule has 2 nitrogen and oxygen atoms in total. The van der Waals surface area contributed by atoms with E-state index in [0.717, 1.165) is 12.0 Å². The lowest BCUT2D eigenvalue weighted by atomic mass is 10.0. The molecule has 0 spiro atoms. The molecule has 0 radical (unpaired) electrons. The first kappa shape index (κ1) is 17.9. The normalized spacial score (nSPS) is 9.10.